The van der Waals surface area contributed by atoms with Crippen LogP contribution < -0.4 is 5.32 Å². The van der Waals surface area contributed by atoms with Crippen LogP contribution in [0.5, 0.6) is 0 Å². The van der Waals surface area contributed by atoms with Gasteiger partial charge in [0.15, 0.2) is 5.60 Å². The number of nitriles is 1. The molecule has 8 nitrogen and oxygen atoms in total. The quantitative estimate of drug-likeness (QED) is 0.475. The molecule has 188 valence electrons. The second-order valence-electron chi connectivity index (χ2n) is 9.42. The van der Waals surface area contributed by atoms with Gasteiger partial charge in [-0.2, -0.15) is 5.26 Å². The summed E-state index contributed by atoms with van der Waals surface area (Å²) in [5.74, 6) is -0.344. The van der Waals surface area contributed by atoms with Gasteiger partial charge in [0.1, 0.15) is 6.10 Å². The maximum Gasteiger partial charge on any atom is 0.252 e. The van der Waals surface area contributed by atoms with E-state index in [2.05, 4.69) is 11.4 Å². The van der Waals surface area contributed by atoms with Crippen molar-refractivity contribution in [1.29, 1.82) is 5.26 Å². The summed E-state index contributed by atoms with van der Waals surface area (Å²) in [6, 6.07) is 17.0. The van der Waals surface area contributed by atoms with Gasteiger partial charge in [-0.25, -0.2) is 0 Å². The molecule has 3 rings (SSSR count). The van der Waals surface area contributed by atoms with Crippen molar-refractivity contribution in [2.75, 3.05) is 27.2 Å². The molecule has 0 heterocycles. The Hall–Kier alpha value is -2.80. The Balaban J connectivity index is 1.81. The fraction of sp³-hybridized carbons (Fsp3) is 0.481. The molecule has 1 aliphatic carbocycles. The van der Waals surface area contributed by atoms with Crippen molar-refractivity contribution in [2.45, 2.75) is 56.9 Å². The van der Waals surface area contributed by atoms with Crippen LogP contribution in [0, 0.1) is 18.3 Å². The summed E-state index contributed by atoms with van der Waals surface area (Å²) < 4.78 is 12.2. The van der Waals surface area contributed by atoms with Crippen LogP contribution in [-0.2, 0) is 27.5 Å². The standard InChI is InChI=1S/C27H35N3O5/c1-19-7-6-8-20(13-19)17-35-27(26(33)29-11-12-30(2)3)14-23(31)25(32)24(15-27)34-18-22-10-5-4-9-21(22)16-28/h4-10,13,23-25,31-32H,11-12,14-15,17-18H2,1-3H3,(H,29,33)/t23-,24?,25-,27+/m1/s1. The van der Waals surface area contributed by atoms with Crippen LogP contribution in [-0.4, -0.2) is 72.1 Å². The van der Waals surface area contributed by atoms with Crippen molar-refractivity contribution >= 4 is 5.91 Å². The van der Waals surface area contributed by atoms with Gasteiger partial charge >= 0.3 is 0 Å². The largest absolute Gasteiger partial charge is 0.390 e. The zero-order valence-corrected chi connectivity index (χ0v) is 20.6. The van der Waals surface area contributed by atoms with Crippen molar-refractivity contribution in [3.63, 3.8) is 0 Å². The number of likely N-dealkylation sites (N-methyl/N-ethyl adjacent to an activating group) is 1. The van der Waals surface area contributed by atoms with E-state index in [0.29, 0.717) is 24.2 Å². The monoisotopic (exact) mass is 481 g/mol. The topological polar surface area (TPSA) is 115 Å². The SMILES string of the molecule is Cc1cccc(CO[C@]2(C(=O)NCCN(C)C)CC(OCc3ccccc3C#N)[C@H](O)[C@H](O)C2)c1. The second kappa shape index (κ2) is 12.2. The van der Waals surface area contributed by atoms with Crippen molar-refractivity contribution in [3.05, 3.63) is 70.8 Å². The minimum absolute atomic E-state index is 0.0532. The Morgan fingerprint density at radius 2 is 1.94 bits per heavy atom. The van der Waals surface area contributed by atoms with Crippen LogP contribution in [0.15, 0.2) is 48.5 Å². The third kappa shape index (κ3) is 7.10. The molecule has 0 radical (unpaired) electrons. The molecule has 2 aromatic rings. The van der Waals surface area contributed by atoms with E-state index >= 15 is 0 Å². The van der Waals surface area contributed by atoms with E-state index in [9.17, 15) is 20.3 Å². The number of carbonyl (C=O) groups excluding carboxylic acids is 1. The molecular formula is C27H35N3O5. The minimum Gasteiger partial charge on any atom is -0.390 e. The van der Waals surface area contributed by atoms with Crippen molar-refractivity contribution in [3.8, 4) is 6.07 Å². The van der Waals surface area contributed by atoms with E-state index in [-0.39, 0.29) is 32.0 Å². The summed E-state index contributed by atoms with van der Waals surface area (Å²) >= 11 is 0. The van der Waals surface area contributed by atoms with Crippen LogP contribution in [0.2, 0.25) is 0 Å². The molecule has 8 heteroatoms. The van der Waals surface area contributed by atoms with Gasteiger partial charge in [0.25, 0.3) is 5.91 Å². The molecule has 0 aromatic heterocycles. The summed E-state index contributed by atoms with van der Waals surface area (Å²) in [5, 5.41) is 33.7. The summed E-state index contributed by atoms with van der Waals surface area (Å²) in [6.45, 7) is 3.29. The second-order valence-corrected chi connectivity index (χ2v) is 9.42. The normalized spacial score (nSPS) is 24.2. The van der Waals surface area contributed by atoms with Crippen LogP contribution in [0.1, 0.15) is 35.1 Å². The van der Waals surface area contributed by atoms with Gasteiger partial charge in [-0.15, -0.1) is 0 Å². The summed E-state index contributed by atoms with van der Waals surface area (Å²) in [4.78, 5) is 15.4. The molecule has 2 aromatic carbocycles. The van der Waals surface area contributed by atoms with E-state index in [0.717, 1.165) is 11.1 Å². The predicted molar refractivity (Wildman–Crippen MR) is 131 cm³/mol. The summed E-state index contributed by atoms with van der Waals surface area (Å²) in [6.07, 6.45) is -3.24. The molecule has 3 N–H and O–H groups in total. The molecule has 4 atom stereocenters. The van der Waals surface area contributed by atoms with E-state index in [1.165, 1.54) is 0 Å². The first-order valence-electron chi connectivity index (χ1n) is 11.8. The number of aryl methyl sites for hydroxylation is 1. The van der Waals surface area contributed by atoms with E-state index in [1.807, 2.05) is 50.2 Å². The van der Waals surface area contributed by atoms with Gasteiger partial charge < -0.3 is 29.9 Å². The highest BCUT2D eigenvalue weighted by Crippen LogP contribution is 2.36. The number of aliphatic hydroxyl groups is 2. The highest BCUT2D eigenvalue weighted by molar-refractivity contribution is 5.85. The lowest BCUT2D eigenvalue weighted by Crippen LogP contribution is -2.61. The smallest absolute Gasteiger partial charge is 0.252 e. The van der Waals surface area contributed by atoms with E-state index in [4.69, 9.17) is 9.47 Å². The van der Waals surface area contributed by atoms with Gasteiger partial charge in [0.05, 0.1) is 37.1 Å². The highest BCUT2D eigenvalue weighted by atomic mass is 16.5. The number of aliphatic hydroxyl groups excluding tert-OH is 2. The first-order chi connectivity index (χ1) is 16.7. The number of amides is 1. The molecule has 1 amide bonds. The average Bonchev–Trinajstić information content (AvgIpc) is 2.83. The van der Waals surface area contributed by atoms with Crippen LogP contribution in [0.25, 0.3) is 0 Å². The number of nitrogens with zero attached hydrogens (tertiary/aromatic N) is 2. The molecule has 35 heavy (non-hydrogen) atoms. The third-order valence-corrected chi connectivity index (χ3v) is 6.29. The Bertz CT molecular complexity index is 1040. The van der Waals surface area contributed by atoms with Crippen LogP contribution >= 0.6 is 0 Å². The zero-order valence-electron chi connectivity index (χ0n) is 20.6. The first kappa shape index (κ1) is 26.8. The van der Waals surface area contributed by atoms with Gasteiger partial charge in [-0.05, 0) is 38.2 Å². The average molecular weight is 482 g/mol. The molecular weight excluding hydrogens is 446 g/mol. The van der Waals surface area contributed by atoms with Crippen molar-refractivity contribution in [1.82, 2.24) is 10.2 Å². The summed E-state index contributed by atoms with van der Waals surface area (Å²) in [5.41, 5.74) is 1.75. The lowest BCUT2D eigenvalue weighted by Gasteiger charge is -2.44. The molecule has 0 aliphatic heterocycles. The van der Waals surface area contributed by atoms with Crippen molar-refractivity contribution in [2.24, 2.45) is 0 Å². The number of ether oxygens (including phenoxy) is 2. The fourth-order valence-corrected chi connectivity index (χ4v) is 4.29. The Kier molecular flexibility index (Phi) is 9.38. The highest BCUT2D eigenvalue weighted by Gasteiger charge is 2.51. The van der Waals surface area contributed by atoms with Crippen molar-refractivity contribution < 1.29 is 24.5 Å². The van der Waals surface area contributed by atoms with Gasteiger partial charge in [-0.1, -0.05) is 48.0 Å². The lowest BCUT2D eigenvalue weighted by molar-refractivity contribution is -0.200. The van der Waals surface area contributed by atoms with Gasteiger partial charge in [-0.3, -0.25) is 4.79 Å². The molecule has 1 aliphatic rings. The molecule has 1 fully saturated rings. The van der Waals surface area contributed by atoms with Crippen LogP contribution in [0.4, 0.5) is 0 Å². The third-order valence-electron chi connectivity index (χ3n) is 6.29. The maximum atomic E-state index is 13.4. The first-order valence-corrected chi connectivity index (χ1v) is 11.8. The number of benzene rings is 2. The van der Waals surface area contributed by atoms with E-state index in [1.54, 1.807) is 24.3 Å². The number of rotatable bonds is 10. The van der Waals surface area contributed by atoms with Gasteiger partial charge in [0.2, 0.25) is 0 Å². The summed E-state index contributed by atoms with van der Waals surface area (Å²) in [7, 11) is 3.83. The Labute approximate surface area is 207 Å². The van der Waals surface area contributed by atoms with Crippen LogP contribution in [0.3, 0.4) is 0 Å². The molecule has 0 saturated heterocycles. The fourth-order valence-electron chi connectivity index (χ4n) is 4.29. The van der Waals surface area contributed by atoms with E-state index < -0.39 is 23.9 Å². The Morgan fingerprint density at radius 1 is 1.17 bits per heavy atom. The molecule has 0 bridgehead atoms. The lowest BCUT2D eigenvalue weighted by atomic mass is 9.78. The Morgan fingerprint density at radius 3 is 2.66 bits per heavy atom. The molecule has 1 saturated carbocycles. The maximum absolute atomic E-state index is 13.4. The molecule has 1 unspecified atom stereocenters. The zero-order chi connectivity index (χ0) is 25.4. The number of nitrogens with one attached hydrogen (secondary N) is 1. The number of hydrogen-bond acceptors (Lipinski definition) is 7. The molecule has 0 spiro atoms. The number of hydrogen-bond donors (Lipinski definition) is 3. The predicted octanol–water partition coefficient (Wildman–Crippen LogP) is 1.90. The van der Waals surface area contributed by atoms with Gasteiger partial charge in [0, 0.05) is 25.9 Å². The number of carbonyl (C=O) groups is 1. The minimum atomic E-state index is -1.38.